The van der Waals surface area contributed by atoms with E-state index in [4.69, 9.17) is 27.9 Å². The van der Waals surface area contributed by atoms with E-state index in [1.165, 1.54) is 0 Å². The molecule has 1 aromatic heterocycles. The lowest BCUT2D eigenvalue weighted by molar-refractivity contribution is 0.0698. The van der Waals surface area contributed by atoms with Crippen LogP contribution in [0.1, 0.15) is 10.4 Å². The Kier molecular flexibility index (Phi) is 4.46. The van der Waals surface area contributed by atoms with Gasteiger partial charge in [0.15, 0.2) is 0 Å². The van der Waals surface area contributed by atoms with Crippen LogP contribution >= 0.6 is 23.2 Å². The summed E-state index contributed by atoms with van der Waals surface area (Å²) < 4.78 is 5.18. The van der Waals surface area contributed by atoms with Gasteiger partial charge in [-0.3, -0.25) is 0 Å². The first-order valence-corrected chi connectivity index (χ1v) is 7.67. The number of ether oxygens (including phenoxy) is 1. The van der Waals surface area contributed by atoms with E-state index in [2.05, 4.69) is 10.3 Å². The van der Waals surface area contributed by atoms with Crippen molar-refractivity contribution in [2.75, 3.05) is 12.4 Å². The molecule has 0 radical (unpaired) electrons. The van der Waals surface area contributed by atoms with Crippen molar-refractivity contribution in [3.63, 3.8) is 0 Å². The van der Waals surface area contributed by atoms with E-state index in [0.29, 0.717) is 32.4 Å². The molecule has 3 rings (SSSR count). The highest BCUT2D eigenvalue weighted by atomic mass is 35.5. The average molecular weight is 363 g/mol. The molecule has 0 amide bonds. The minimum atomic E-state index is -1.08. The van der Waals surface area contributed by atoms with Crippen LogP contribution in [0.3, 0.4) is 0 Å². The maximum Gasteiger partial charge on any atom is 0.339 e. The Balaban J connectivity index is 2.11. The molecular formula is C17H12Cl2N2O3. The van der Waals surface area contributed by atoms with Gasteiger partial charge < -0.3 is 15.2 Å². The second kappa shape index (κ2) is 6.55. The number of hydrogen-bond donors (Lipinski definition) is 2. The number of nitrogens with zero attached hydrogens (tertiary/aromatic N) is 1. The molecule has 0 unspecified atom stereocenters. The quantitative estimate of drug-likeness (QED) is 0.683. The van der Waals surface area contributed by atoms with E-state index in [-0.39, 0.29) is 11.4 Å². The summed E-state index contributed by atoms with van der Waals surface area (Å²) in [5, 5.41) is 13.9. The molecule has 0 atom stereocenters. The molecule has 2 N–H and O–H groups in total. The van der Waals surface area contributed by atoms with Gasteiger partial charge in [-0.15, -0.1) is 0 Å². The van der Waals surface area contributed by atoms with Crippen molar-refractivity contribution in [2.24, 2.45) is 0 Å². The number of hydrogen-bond acceptors (Lipinski definition) is 4. The van der Waals surface area contributed by atoms with Crippen LogP contribution < -0.4 is 10.1 Å². The Morgan fingerprint density at radius 2 is 1.92 bits per heavy atom. The molecule has 0 aliphatic rings. The number of nitrogens with one attached hydrogen (secondary N) is 1. The van der Waals surface area contributed by atoms with Gasteiger partial charge in [0.05, 0.1) is 22.7 Å². The van der Waals surface area contributed by atoms with Crippen molar-refractivity contribution < 1.29 is 14.6 Å². The number of fused-ring (bicyclic) bond motifs is 1. The van der Waals surface area contributed by atoms with Crippen LogP contribution in [0.2, 0.25) is 10.0 Å². The lowest BCUT2D eigenvalue weighted by Crippen LogP contribution is -2.05. The molecule has 0 saturated carbocycles. The largest absolute Gasteiger partial charge is 0.497 e. The van der Waals surface area contributed by atoms with Crippen molar-refractivity contribution in [1.82, 2.24) is 4.98 Å². The number of aromatic carboxylic acids is 1. The molecule has 0 bridgehead atoms. The van der Waals surface area contributed by atoms with Gasteiger partial charge in [0, 0.05) is 17.1 Å². The summed E-state index contributed by atoms with van der Waals surface area (Å²) in [5.41, 5.74) is 1.25. The number of halogens is 2. The SMILES string of the molecule is COc1ccc2cc(C(=O)O)c(Nc3ccc(Cl)c(Cl)c3)nc2c1. The predicted octanol–water partition coefficient (Wildman–Crippen LogP) is 4.99. The number of carbonyl (C=O) groups is 1. The molecule has 24 heavy (non-hydrogen) atoms. The first-order chi connectivity index (χ1) is 11.5. The summed E-state index contributed by atoms with van der Waals surface area (Å²) in [7, 11) is 1.56. The zero-order valence-electron chi connectivity index (χ0n) is 12.5. The smallest absolute Gasteiger partial charge is 0.339 e. The van der Waals surface area contributed by atoms with Gasteiger partial charge in [0.2, 0.25) is 0 Å². The average Bonchev–Trinajstić information content (AvgIpc) is 2.56. The zero-order chi connectivity index (χ0) is 17.3. The van der Waals surface area contributed by atoms with Gasteiger partial charge in [0.25, 0.3) is 0 Å². The molecule has 0 spiro atoms. The predicted molar refractivity (Wildman–Crippen MR) is 95.0 cm³/mol. The second-order valence-corrected chi connectivity index (χ2v) is 5.82. The molecule has 3 aromatic rings. The number of aromatic nitrogens is 1. The third-order valence-electron chi connectivity index (χ3n) is 3.44. The first-order valence-electron chi connectivity index (χ1n) is 6.92. The number of pyridine rings is 1. The van der Waals surface area contributed by atoms with Gasteiger partial charge in [-0.1, -0.05) is 23.2 Å². The molecule has 0 aliphatic carbocycles. The van der Waals surface area contributed by atoms with E-state index in [1.54, 1.807) is 49.6 Å². The van der Waals surface area contributed by atoms with Gasteiger partial charge in [-0.2, -0.15) is 0 Å². The number of carboxylic acids is 1. The lowest BCUT2D eigenvalue weighted by Gasteiger charge is -2.11. The van der Waals surface area contributed by atoms with Gasteiger partial charge in [-0.05, 0) is 36.4 Å². The zero-order valence-corrected chi connectivity index (χ0v) is 14.0. The van der Waals surface area contributed by atoms with E-state index in [0.717, 1.165) is 0 Å². The summed E-state index contributed by atoms with van der Waals surface area (Å²) >= 11 is 11.9. The molecule has 1 heterocycles. The highest BCUT2D eigenvalue weighted by Crippen LogP contribution is 2.29. The number of benzene rings is 2. The van der Waals surface area contributed by atoms with Crippen molar-refractivity contribution in [3.8, 4) is 5.75 Å². The summed E-state index contributed by atoms with van der Waals surface area (Å²) in [5.74, 6) is -0.233. The maximum absolute atomic E-state index is 11.5. The van der Waals surface area contributed by atoms with Crippen molar-refractivity contribution in [3.05, 3.63) is 58.1 Å². The lowest BCUT2D eigenvalue weighted by atomic mass is 10.1. The molecule has 2 aromatic carbocycles. The first kappa shape index (κ1) is 16.4. The molecule has 0 aliphatic heterocycles. The topological polar surface area (TPSA) is 71.5 Å². The Morgan fingerprint density at radius 3 is 2.58 bits per heavy atom. The Bertz CT molecular complexity index is 945. The summed E-state index contributed by atoms with van der Waals surface area (Å²) in [6.07, 6.45) is 0. The maximum atomic E-state index is 11.5. The van der Waals surface area contributed by atoms with Crippen LogP contribution in [0.4, 0.5) is 11.5 Å². The number of methoxy groups -OCH3 is 1. The third kappa shape index (κ3) is 3.22. The second-order valence-electron chi connectivity index (χ2n) is 5.00. The summed E-state index contributed by atoms with van der Waals surface area (Å²) in [6.45, 7) is 0. The van der Waals surface area contributed by atoms with E-state index < -0.39 is 5.97 Å². The molecular weight excluding hydrogens is 351 g/mol. The van der Waals surface area contributed by atoms with Crippen molar-refractivity contribution in [2.45, 2.75) is 0 Å². The minimum Gasteiger partial charge on any atom is -0.497 e. The standard InChI is InChI=1S/C17H12Cl2N2O3/c1-24-11-4-2-9-6-12(17(22)23)16(21-15(9)8-11)20-10-3-5-13(18)14(19)7-10/h2-8H,1H3,(H,20,21)(H,22,23). The minimum absolute atomic E-state index is 0.0544. The number of carboxylic acid groups (broad SMARTS) is 1. The fourth-order valence-corrected chi connectivity index (χ4v) is 2.54. The number of anilines is 2. The van der Waals surface area contributed by atoms with Crippen molar-refractivity contribution in [1.29, 1.82) is 0 Å². The van der Waals surface area contributed by atoms with E-state index >= 15 is 0 Å². The Morgan fingerprint density at radius 1 is 1.12 bits per heavy atom. The summed E-state index contributed by atoms with van der Waals surface area (Å²) in [6, 6.07) is 11.7. The van der Waals surface area contributed by atoms with Crippen LogP contribution in [0.15, 0.2) is 42.5 Å². The van der Waals surface area contributed by atoms with Gasteiger partial charge in [-0.25, -0.2) is 9.78 Å². The third-order valence-corrected chi connectivity index (χ3v) is 4.18. The Labute approximate surface area is 147 Å². The number of rotatable bonds is 4. The molecule has 0 saturated heterocycles. The monoisotopic (exact) mass is 362 g/mol. The van der Waals surface area contributed by atoms with Crippen LogP contribution in [0, 0.1) is 0 Å². The van der Waals surface area contributed by atoms with Crippen molar-refractivity contribution >= 4 is 51.6 Å². The Hall–Kier alpha value is -2.50. The molecule has 5 nitrogen and oxygen atoms in total. The van der Waals surface area contributed by atoms with Crippen LogP contribution in [0.25, 0.3) is 10.9 Å². The van der Waals surface area contributed by atoms with Gasteiger partial charge >= 0.3 is 5.97 Å². The molecule has 0 fully saturated rings. The molecule has 7 heteroatoms. The fraction of sp³-hybridized carbons (Fsp3) is 0.0588. The highest BCUT2D eigenvalue weighted by molar-refractivity contribution is 6.42. The van der Waals surface area contributed by atoms with E-state index in [1.807, 2.05) is 0 Å². The van der Waals surface area contributed by atoms with Gasteiger partial charge in [0.1, 0.15) is 17.1 Å². The van der Waals surface area contributed by atoms with Crippen LogP contribution in [-0.4, -0.2) is 23.2 Å². The molecule has 122 valence electrons. The fourth-order valence-electron chi connectivity index (χ4n) is 2.24. The normalized spacial score (nSPS) is 10.6. The summed E-state index contributed by atoms with van der Waals surface area (Å²) in [4.78, 5) is 16.0. The van der Waals surface area contributed by atoms with E-state index in [9.17, 15) is 9.90 Å². The van der Waals surface area contributed by atoms with Crippen LogP contribution in [-0.2, 0) is 0 Å². The van der Waals surface area contributed by atoms with Crippen LogP contribution in [0.5, 0.6) is 5.75 Å². The highest BCUT2D eigenvalue weighted by Gasteiger charge is 2.14.